The second kappa shape index (κ2) is 6.39. The summed E-state index contributed by atoms with van der Waals surface area (Å²) in [6.07, 6.45) is 6.05. The normalized spacial score (nSPS) is 25.7. The third-order valence-corrected chi connectivity index (χ3v) is 5.14. The van der Waals surface area contributed by atoms with Crippen LogP contribution in [0.25, 0.3) is 0 Å². The van der Waals surface area contributed by atoms with Gasteiger partial charge in [0, 0.05) is 32.4 Å². The van der Waals surface area contributed by atoms with Crippen LogP contribution in [0.1, 0.15) is 6.42 Å². The minimum atomic E-state index is -3.48. The lowest BCUT2D eigenvalue weighted by molar-refractivity contribution is -0.127. The average Bonchev–Trinajstić information content (AvgIpc) is 2.98. The molecule has 0 aliphatic carbocycles. The maximum atomic E-state index is 12.6. The van der Waals surface area contributed by atoms with Crippen molar-refractivity contribution >= 4 is 34.2 Å². The van der Waals surface area contributed by atoms with Gasteiger partial charge in [0.15, 0.2) is 5.84 Å². The molecule has 0 aromatic heterocycles. The fourth-order valence-corrected chi connectivity index (χ4v) is 3.69. The smallest absolute Gasteiger partial charge is 0.257 e. The van der Waals surface area contributed by atoms with Crippen LogP contribution in [0.3, 0.4) is 0 Å². The highest BCUT2D eigenvalue weighted by atomic mass is 35.5. The Morgan fingerprint density at radius 2 is 2.27 bits per heavy atom. The van der Waals surface area contributed by atoms with Crippen molar-refractivity contribution in [2.24, 2.45) is 4.40 Å². The molecular formula is C13H19ClN4O3S. The van der Waals surface area contributed by atoms with E-state index in [4.69, 9.17) is 0 Å². The largest absolute Gasteiger partial charge is 0.337 e. The summed E-state index contributed by atoms with van der Waals surface area (Å²) in [4.78, 5) is 16.0. The fourth-order valence-electron chi connectivity index (χ4n) is 2.71. The minimum absolute atomic E-state index is 0. The first-order chi connectivity index (χ1) is 9.98. The van der Waals surface area contributed by atoms with Crippen molar-refractivity contribution in [2.75, 3.05) is 32.4 Å². The van der Waals surface area contributed by atoms with E-state index in [1.807, 2.05) is 0 Å². The lowest BCUT2D eigenvalue weighted by atomic mass is 10.1. The zero-order chi connectivity index (χ0) is 15.0. The van der Waals surface area contributed by atoms with Gasteiger partial charge in [-0.3, -0.25) is 4.79 Å². The Bertz CT molecular complexity index is 650. The molecule has 1 atom stereocenters. The SMILES string of the molecule is CN(C(=O)C1=CC=CN2CCS(=O)(=O)N=C12)C1CCNC1.Cl. The summed E-state index contributed by atoms with van der Waals surface area (Å²) in [5.74, 6) is 0.0329. The quantitative estimate of drug-likeness (QED) is 0.744. The molecule has 1 unspecified atom stereocenters. The Labute approximate surface area is 136 Å². The van der Waals surface area contributed by atoms with Gasteiger partial charge in [-0.15, -0.1) is 16.8 Å². The molecule has 0 radical (unpaired) electrons. The summed E-state index contributed by atoms with van der Waals surface area (Å²) in [6.45, 7) is 1.99. The van der Waals surface area contributed by atoms with Gasteiger partial charge < -0.3 is 15.1 Å². The summed E-state index contributed by atoms with van der Waals surface area (Å²) in [7, 11) is -1.72. The molecule has 3 aliphatic heterocycles. The van der Waals surface area contributed by atoms with Crippen molar-refractivity contribution < 1.29 is 13.2 Å². The van der Waals surface area contributed by atoms with Crippen molar-refractivity contribution in [1.29, 1.82) is 0 Å². The van der Waals surface area contributed by atoms with Crippen LogP contribution in [0.4, 0.5) is 0 Å². The zero-order valence-corrected chi connectivity index (χ0v) is 13.9. The van der Waals surface area contributed by atoms with Crippen molar-refractivity contribution in [2.45, 2.75) is 12.5 Å². The highest BCUT2D eigenvalue weighted by Gasteiger charge is 2.33. The first kappa shape index (κ1) is 17.0. The standard InChI is InChI=1S/C13H18N4O3S.ClH/c1-16(10-4-5-14-9-10)13(18)11-3-2-6-17-7-8-21(19,20)15-12(11)17;/h2-3,6,10,14H,4-5,7-9H2,1H3;1H. The molecule has 1 fully saturated rings. The van der Waals surface area contributed by atoms with E-state index in [1.54, 1.807) is 35.2 Å². The van der Waals surface area contributed by atoms with Gasteiger partial charge in [0.25, 0.3) is 15.9 Å². The minimum Gasteiger partial charge on any atom is -0.337 e. The first-order valence-corrected chi connectivity index (χ1v) is 8.55. The number of likely N-dealkylation sites (N-methyl/N-ethyl adjacent to an activating group) is 1. The number of nitrogens with one attached hydrogen (secondary N) is 1. The number of hydrogen-bond donors (Lipinski definition) is 1. The lowest BCUT2D eigenvalue weighted by Gasteiger charge is -2.31. The molecule has 1 saturated heterocycles. The van der Waals surface area contributed by atoms with Crippen LogP contribution in [0.2, 0.25) is 0 Å². The zero-order valence-electron chi connectivity index (χ0n) is 12.2. The number of halogens is 1. The molecule has 1 amide bonds. The molecular weight excluding hydrogens is 328 g/mol. The van der Waals surface area contributed by atoms with Gasteiger partial charge in [0.2, 0.25) is 0 Å². The van der Waals surface area contributed by atoms with Gasteiger partial charge in [0.05, 0.1) is 11.3 Å². The number of sulfonamides is 1. The maximum absolute atomic E-state index is 12.6. The molecule has 0 saturated carbocycles. The summed E-state index contributed by atoms with van der Waals surface area (Å²) in [6, 6.07) is 0.138. The van der Waals surface area contributed by atoms with E-state index in [0.29, 0.717) is 12.1 Å². The van der Waals surface area contributed by atoms with Crippen LogP contribution >= 0.6 is 12.4 Å². The maximum Gasteiger partial charge on any atom is 0.257 e. The van der Waals surface area contributed by atoms with Crippen LogP contribution in [0.5, 0.6) is 0 Å². The molecule has 3 rings (SSSR count). The monoisotopic (exact) mass is 346 g/mol. The molecule has 0 spiro atoms. The van der Waals surface area contributed by atoms with E-state index in [1.165, 1.54) is 0 Å². The van der Waals surface area contributed by atoms with Gasteiger partial charge >= 0.3 is 0 Å². The van der Waals surface area contributed by atoms with Crippen molar-refractivity contribution in [3.63, 3.8) is 0 Å². The Morgan fingerprint density at radius 3 is 2.95 bits per heavy atom. The number of amidine groups is 1. The topological polar surface area (TPSA) is 82.1 Å². The Hall–Kier alpha value is -1.38. The molecule has 3 heterocycles. The van der Waals surface area contributed by atoms with E-state index in [0.717, 1.165) is 19.5 Å². The van der Waals surface area contributed by atoms with E-state index in [2.05, 4.69) is 9.71 Å². The van der Waals surface area contributed by atoms with Crippen LogP contribution in [0.15, 0.2) is 28.3 Å². The summed E-state index contributed by atoms with van der Waals surface area (Å²) in [5.41, 5.74) is 0.343. The Balaban J connectivity index is 0.00000176. The third-order valence-electron chi connectivity index (χ3n) is 3.99. The van der Waals surface area contributed by atoms with Gasteiger partial charge in [-0.1, -0.05) is 0 Å². The molecule has 3 aliphatic rings. The van der Waals surface area contributed by atoms with Crippen molar-refractivity contribution in [3.05, 3.63) is 23.9 Å². The number of carbonyl (C=O) groups is 1. The average molecular weight is 347 g/mol. The molecule has 0 aromatic carbocycles. The number of rotatable bonds is 2. The Morgan fingerprint density at radius 1 is 1.50 bits per heavy atom. The van der Waals surface area contributed by atoms with E-state index >= 15 is 0 Å². The molecule has 7 nitrogen and oxygen atoms in total. The second-order valence-corrected chi connectivity index (χ2v) is 7.13. The highest BCUT2D eigenvalue weighted by molar-refractivity contribution is 7.90. The number of amides is 1. The lowest BCUT2D eigenvalue weighted by Crippen LogP contribution is -2.45. The number of hydrogen-bond acceptors (Lipinski definition) is 5. The Kier molecular flexibility index (Phi) is 4.93. The van der Waals surface area contributed by atoms with Gasteiger partial charge in [0.1, 0.15) is 0 Å². The van der Waals surface area contributed by atoms with Crippen LogP contribution in [-0.2, 0) is 14.8 Å². The van der Waals surface area contributed by atoms with Crippen LogP contribution < -0.4 is 5.32 Å². The fraction of sp³-hybridized carbons (Fsp3) is 0.538. The first-order valence-electron chi connectivity index (χ1n) is 6.94. The van der Waals surface area contributed by atoms with Gasteiger partial charge in [-0.25, -0.2) is 8.42 Å². The molecule has 1 N–H and O–H groups in total. The predicted octanol–water partition coefficient (Wildman–Crippen LogP) is -0.274. The number of allylic oxidation sites excluding steroid dienone is 2. The summed E-state index contributed by atoms with van der Waals surface area (Å²) in [5, 5.41) is 3.22. The van der Waals surface area contributed by atoms with Crippen LogP contribution in [0, 0.1) is 0 Å². The van der Waals surface area contributed by atoms with Crippen LogP contribution in [-0.4, -0.2) is 68.4 Å². The van der Waals surface area contributed by atoms with E-state index in [-0.39, 0.29) is 35.9 Å². The number of carbonyl (C=O) groups excluding carboxylic acids is 1. The van der Waals surface area contributed by atoms with E-state index in [9.17, 15) is 13.2 Å². The van der Waals surface area contributed by atoms with Gasteiger partial charge in [-0.05, 0) is 25.1 Å². The third kappa shape index (κ3) is 3.18. The van der Waals surface area contributed by atoms with Crippen molar-refractivity contribution in [1.82, 2.24) is 15.1 Å². The highest BCUT2D eigenvalue weighted by Crippen LogP contribution is 2.20. The predicted molar refractivity (Wildman–Crippen MR) is 86.4 cm³/mol. The van der Waals surface area contributed by atoms with Gasteiger partial charge in [-0.2, -0.15) is 0 Å². The molecule has 122 valence electrons. The summed E-state index contributed by atoms with van der Waals surface area (Å²) >= 11 is 0. The molecule has 0 bridgehead atoms. The van der Waals surface area contributed by atoms with E-state index < -0.39 is 10.0 Å². The second-order valence-electron chi connectivity index (χ2n) is 5.38. The number of fused-ring (bicyclic) bond motifs is 1. The van der Waals surface area contributed by atoms with Crippen molar-refractivity contribution in [3.8, 4) is 0 Å². The molecule has 22 heavy (non-hydrogen) atoms. The number of nitrogens with zero attached hydrogens (tertiary/aromatic N) is 3. The molecule has 9 heteroatoms. The molecule has 0 aromatic rings. The summed E-state index contributed by atoms with van der Waals surface area (Å²) < 4.78 is 27.2.